The van der Waals surface area contributed by atoms with Gasteiger partial charge in [0.2, 0.25) is 0 Å². The van der Waals surface area contributed by atoms with E-state index in [9.17, 15) is 0 Å². The molecule has 78 valence electrons. The number of benzene rings is 2. The molecule has 1 aromatic heterocycles. The quantitative estimate of drug-likeness (QED) is 0.439. The Bertz CT molecular complexity index is 630. The zero-order chi connectivity index (χ0) is 11.1. The van der Waals surface area contributed by atoms with E-state index in [0.29, 0.717) is 5.82 Å². The molecule has 0 saturated heterocycles. The molecular weight excluding hydrogens is 200 g/mol. The van der Waals surface area contributed by atoms with Gasteiger partial charge in [-0.1, -0.05) is 18.2 Å². The van der Waals surface area contributed by atoms with Crippen LogP contribution in [-0.4, -0.2) is 10.2 Å². The molecule has 0 aliphatic rings. The molecule has 0 unspecified atom stereocenters. The summed E-state index contributed by atoms with van der Waals surface area (Å²) in [5, 5.41) is 11.1. The number of nitrogens with two attached hydrogens (primary N) is 2. The first kappa shape index (κ1) is 8.91. The Morgan fingerprint density at radius 2 is 1.62 bits per heavy atom. The smallest absolute Gasteiger partial charge is 0.146 e. The molecule has 0 saturated carbocycles. The molecule has 3 rings (SSSR count). The second kappa shape index (κ2) is 3.06. The molecule has 4 nitrogen and oxygen atoms in total. The van der Waals surface area contributed by atoms with E-state index in [1.54, 1.807) is 0 Å². The highest BCUT2D eigenvalue weighted by atomic mass is 15.1. The van der Waals surface area contributed by atoms with Gasteiger partial charge in [-0.25, -0.2) is 0 Å². The van der Waals surface area contributed by atoms with Crippen LogP contribution in [-0.2, 0) is 0 Å². The van der Waals surface area contributed by atoms with E-state index >= 15 is 0 Å². The molecule has 0 atom stereocenters. The summed E-state index contributed by atoms with van der Waals surface area (Å²) < 4.78 is 0. The number of anilines is 2. The highest BCUT2D eigenvalue weighted by Crippen LogP contribution is 2.25. The number of nitrogen functional groups attached to an aromatic ring is 2. The normalized spacial score (nSPS) is 11.0. The van der Waals surface area contributed by atoms with Crippen LogP contribution < -0.4 is 11.5 Å². The molecule has 2 aromatic carbocycles. The predicted molar refractivity (Wildman–Crippen MR) is 65.9 cm³/mol. The van der Waals surface area contributed by atoms with Gasteiger partial charge < -0.3 is 11.5 Å². The first-order valence-electron chi connectivity index (χ1n) is 4.95. The maximum atomic E-state index is 5.74. The van der Waals surface area contributed by atoms with Crippen molar-refractivity contribution in [1.29, 1.82) is 0 Å². The number of aromatic nitrogens is 2. The highest BCUT2D eigenvalue weighted by molar-refractivity contribution is 6.06. The zero-order valence-corrected chi connectivity index (χ0v) is 8.51. The molecule has 4 N–H and O–H groups in total. The third kappa shape index (κ3) is 1.24. The van der Waals surface area contributed by atoms with E-state index in [0.717, 1.165) is 27.4 Å². The monoisotopic (exact) mass is 210 g/mol. The lowest BCUT2D eigenvalue weighted by Gasteiger charge is -2.03. The molecule has 0 aliphatic heterocycles. The van der Waals surface area contributed by atoms with Crippen molar-refractivity contribution in [1.82, 2.24) is 10.2 Å². The number of fused-ring (bicyclic) bond motifs is 3. The first-order valence-corrected chi connectivity index (χ1v) is 4.95. The molecule has 0 amide bonds. The maximum Gasteiger partial charge on any atom is 0.146 e. The van der Waals surface area contributed by atoms with Gasteiger partial charge in [-0.15, -0.1) is 10.2 Å². The number of hydrogen-bond acceptors (Lipinski definition) is 4. The van der Waals surface area contributed by atoms with Crippen LogP contribution in [0.15, 0.2) is 36.4 Å². The van der Waals surface area contributed by atoms with Crippen LogP contribution in [0.4, 0.5) is 11.5 Å². The summed E-state index contributed by atoms with van der Waals surface area (Å²) in [6, 6.07) is 11.5. The van der Waals surface area contributed by atoms with Crippen LogP contribution in [0.5, 0.6) is 0 Å². The van der Waals surface area contributed by atoms with Crippen molar-refractivity contribution in [3.63, 3.8) is 0 Å². The van der Waals surface area contributed by atoms with E-state index in [1.807, 2.05) is 36.4 Å². The van der Waals surface area contributed by atoms with Crippen LogP contribution in [0.1, 0.15) is 0 Å². The highest BCUT2D eigenvalue weighted by Gasteiger charge is 2.03. The number of rotatable bonds is 0. The average Bonchev–Trinajstić information content (AvgIpc) is 2.28. The van der Waals surface area contributed by atoms with Crippen molar-refractivity contribution in [3.8, 4) is 0 Å². The fourth-order valence-corrected chi connectivity index (χ4v) is 1.87. The molecule has 0 radical (unpaired) electrons. The van der Waals surface area contributed by atoms with Crippen molar-refractivity contribution >= 4 is 33.2 Å². The summed E-state index contributed by atoms with van der Waals surface area (Å²) in [7, 11) is 0. The minimum Gasteiger partial charge on any atom is -0.399 e. The van der Waals surface area contributed by atoms with Crippen molar-refractivity contribution < 1.29 is 0 Å². The van der Waals surface area contributed by atoms with Gasteiger partial charge in [-0.05, 0) is 23.6 Å². The lowest BCUT2D eigenvalue weighted by Crippen LogP contribution is -1.93. The molecule has 0 fully saturated rings. The second-order valence-corrected chi connectivity index (χ2v) is 3.75. The van der Waals surface area contributed by atoms with Crippen molar-refractivity contribution in [2.24, 2.45) is 0 Å². The van der Waals surface area contributed by atoms with Gasteiger partial charge in [0.15, 0.2) is 0 Å². The summed E-state index contributed by atoms with van der Waals surface area (Å²) >= 11 is 0. The van der Waals surface area contributed by atoms with Crippen molar-refractivity contribution in [2.75, 3.05) is 11.5 Å². The molecule has 0 bridgehead atoms. The summed E-state index contributed by atoms with van der Waals surface area (Å²) in [5.41, 5.74) is 12.9. The maximum absolute atomic E-state index is 5.74. The number of hydrogen-bond donors (Lipinski definition) is 2. The molecule has 3 aromatic rings. The third-order valence-corrected chi connectivity index (χ3v) is 2.62. The van der Waals surface area contributed by atoms with Gasteiger partial charge in [-0.3, -0.25) is 0 Å². The molecule has 4 heteroatoms. The van der Waals surface area contributed by atoms with E-state index in [-0.39, 0.29) is 0 Å². The van der Waals surface area contributed by atoms with Crippen molar-refractivity contribution in [3.05, 3.63) is 36.4 Å². The van der Waals surface area contributed by atoms with Crippen molar-refractivity contribution in [2.45, 2.75) is 0 Å². The molecule has 0 aliphatic carbocycles. The minimum absolute atomic E-state index is 0.433. The molecule has 1 heterocycles. The Kier molecular flexibility index (Phi) is 1.71. The van der Waals surface area contributed by atoms with Gasteiger partial charge in [-0.2, -0.15) is 0 Å². The molecule has 0 spiro atoms. The van der Waals surface area contributed by atoms with Gasteiger partial charge in [0.1, 0.15) is 11.3 Å². The SMILES string of the molecule is Nc1ccc2c(ccc3cc(N)nnc32)c1. The van der Waals surface area contributed by atoms with Crippen LogP contribution in [0, 0.1) is 0 Å². The second-order valence-electron chi connectivity index (χ2n) is 3.75. The van der Waals surface area contributed by atoms with Crippen LogP contribution >= 0.6 is 0 Å². The van der Waals surface area contributed by atoms with Crippen LogP contribution in [0.2, 0.25) is 0 Å². The minimum atomic E-state index is 0.433. The Morgan fingerprint density at radius 3 is 2.50 bits per heavy atom. The van der Waals surface area contributed by atoms with E-state index in [2.05, 4.69) is 10.2 Å². The molecule has 16 heavy (non-hydrogen) atoms. The summed E-state index contributed by atoms with van der Waals surface area (Å²) in [4.78, 5) is 0. The van der Waals surface area contributed by atoms with E-state index in [1.165, 1.54) is 0 Å². The standard InChI is InChI=1S/C12H10N4/c13-9-3-4-10-7(5-9)1-2-8-6-11(14)15-16-12(8)10/h1-6H,13H2,(H2,14,15). The largest absolute Gasteiger partial charge is 0.399 e. The summed E-state index contributed by atoms with van der Waals surface area (Å²) in [6.07, 6.45) is 0. The number of nitrogens with zero attached hydrogens (tertiary/aromatic N) is 2. The fourth-order valence-electron chi connectivity index (χ4n) is 1.87. The van der Waals surface area contributed by atoms with Gasteiger partial charge in [0.25, 0.3) is 0 Å². The lowest BCUT2D eigenvalue weighted by molar-refractivity contribution is 1.09. The topological polar surface area (TPSA) is 77.8 Å². The Morgan fingerprint density at radius 1 is 0.812 bits per heavy atom. The zero-order valence-electron chi connectivity index (χ0n) is 8.51. The van der Waals surface area contributed by atoms with Crippen LogP contribution in [0.25, 0.3) is 21.7 Å². The molecular formula is C12H10N4. The van der Waals surface area contributed by atoms with Gasteiger partial charge in [0, 0.05) is 16.5 Å². The van der Waals surface area contributed by atoms with E-state index < -0.39 is 0 Å². The average molecular weight is 210 g/mol. The lowest BCUT2D eigenvalue weighted by atomic mass is 10.1. The summed E-state index contributed by atoms with van der Waals surface area (Å²) in [6.45, 7) is 0. The predicted octanol–water partition coefficient (Wildman–Crippen LogP) is 1.95. The Hall–Kier alpha value is -2.36. The Labute approximate surface area is 91.9 Å². The fraction of sp³-hybridized carbons (Fsp3) is 0. The van der Waals surface area contributed by atoms with Gasteiger partial charge in [0.05, 0.1) is 0 Å². The first-order chi connectivity index (χ1) is 7.74. The summed E-state index contributed by atoms with van der Waals surface area (Å²) in [5.74, 6) is 0.433. The Balaban J connectivity index is 2.50. The third-order valence-electron chi connectivity index (χ3n) is 2.62. The van der Waals surface area contributed by atoms with E-state index in [4.69, 9.17) is 11.5 Å². The van der Waals surface area contributed by atoms with Gasteiger partial charge >= 0.3 is 0 Å². The van der Waals surface area contributed by atoms with Crippen LogP contribution in [0.3, 0.4) is 0 Å².